The van der Waals surface area contributed by atoms with E-state index in [1.54, 1.807) is 18.2 Å². The highest BCUT2D eigenvalue weighted by Crippen LogP contribution is 2.24. The van der Waals surface area contributed by atoms with Gasteiger partial charge < -0.3 is 5.32 Å². The molecule has 0 atom stereocenters. The summed E-state index contributed by atoms with van der Waals surface area (Å²) in [5.41, 5.74) is 1.10. The van der Waals surface area contributed by atoms with Gasteiger partial charge >= 0.3 is 6.18 Å². The van der Waals surface area contributed by atoms with Gasteiger partial charge in [0.25, 0.3) is 0 Å². The first-order valence-electron chi connectivity index (χ1n) is 5.43. The van der Waals surface area contributed by atoms with E-state index in [1.165, 1.54) is 0 Å². The highest BCUT2D eigenvalue weighted by Gasteiger charge is 2.25. The summed E-state index contributed by atoms with van der Waals surface area (Å²) in [6.07, 6.45) is -4.35. The maximum Gasteiger partial charge on any atom is 0.389 e. The highest BCUT2D eigenvalue weighted by molar-refractivity contribution is 9.10. The van der Waals surface area contributed by atoms with Crippen LogP contribution in [0.4, 0.5) is 18.9 Å². The predicted molar refractivity (Wildman–Crippen MR) is 67.3 cm³/mol. The molecule has 0 spiro atoms. The van der Waals surface area contributed by atoms with E-state index in [4.69, 9.17) is 5.26 Å². The molecule has 0 heterocycles. The summed E-state index contributed by atoms with van der Waals surface area (Å²) in [5.74, 6) is 0. The van der Waals surface area contributed by atoms with Crippen molar-refractivity contribution < 1.29 is 13.2 Å². The van der Waals surface area contributed by atoms with Gasteiger partial charge in [0.15, 0.2) is 0 Å². The Labute approximate surface area is 112 Å². The zero-order chi connectivity index (χ0) is 13.6. The number of benzene rings is 1. The Hall–Kier alpha value is -1.22. The first-order valence-corrected chi connectivity index (χ1v) is 6.22. The largest absolute Gasteiger partial charge is 0.389 e. The fraction of sp³-hybridized carbons (Fsp3) is 0.417. The van der Waals surface area contributed by atoms with Gasteiger partial charge in [0.05, 0.1) is 11.3 Å². The number of hydrogen-bond acceptors (Lipinski definition) is 2. The molecule has 0 amide bonds. The van der Waals surface area contributed by atoms with Gasteiger partial charge in [-0.25, -0.2) is 0 Å². The summed E-state index contributed by atoms with van der Waals surface area (Å²) in [6, 6.07) is 7.28. The van der Waals surface area contributed by atoms with Gasteiger partial charge in [0, 0.05) is 17.4 Å². The van der Waals surface area contributed by atoms with E-state index in [9.17, 15) is 13.2 Å². The van der Waals surface area contributed by atoms with E-state index in [0.29, 0.717) is 28.7 Å². The smallest absolute Gasteiger partial charge is 0.384 e. The van der Waals surface area contributed by atoms with Gasteiger partial charge in [0.1, 0.15) is 6.07 Å². The number of nitriles is 1. The van der Waals surface area contributed by atoms with Crippen molar-refractivity contribution in [2.75, 3.05) is 11.9 Å². The zero-order valence-electron chi connectivity index (χ0n) is 9.52. The van der Waals surface area contributed by atoms with Crippen LogP contribution in [0.1, 0.15) is 24.8 Å². The molecule has 0 aromatic heterocycles. The number of nitrogens with one attached hydrogen (secondary N) is 1. The summed E-state index contributed by atoms with van der Waals surface area (Å²) < 4.78 is 36.4. The summed E-state index contributed by atoms with van der Waals surface area (Å²) in [4.78, 5) is 0. The van der Waals surface area contributed by atoms with Gasteiger partial charge in [-0.1, -0.05) is 6.07 Å². The van der Waals surface area contributed by atoms with Crippen LogP contribution < -0.4 is 5.32 Å². The molecule has 1 rings (SSSR count). The fourth-order valence-electron chi connectivity index (χ4n) is 1.46. The molecule has 0 aliphatic heterocycles. The fourth-order valence-corrected chi connectivity index (χ4v) is 1.91. The van der Waals surface area contributed by atoms with Crippen molar-refractivity contribution in [1.82, 2.24) is 0 Å². The van der Waals surface area contributed by atoms with E-state index in [2.05, 4.69) is 21.2 Å². The molecule has 1 N–H and O–H groups in total. The number of alkyl halides is 3. The second-order valence-corrected chi connectivity index (χ2v) is 4.63. The molecule has 6 heteroatoms. The van der Waals surface area contributed by atoms with Crippen LogP contribution in [0.5, 0.6) is 0 Å². The Morgan fingerprint density at radius 2 is 2.00 bits per heavy atom. The lowest BCUT2D eigenvalue weighted by Crippen LogP contribution is -2.09. The third kappa shape index (κ3) is 4.96. The maximum absolute atomic E-state index is 11.9. The van der Waals surface area contributed by atoms with Gasteiger partial charge in [-0.15, -0.1) is 0 Å². The average molecular weight is 321 g/mol. The first kappa shape index (κ1) is 14.8. The quantitative estimate of drug-likeness (QED) is 0.813. The lowest BCUT2D eigenvalue weighted by atomic mass is 10.2. The van der Waals surface area contributed by atoms with Crippen LogP contribution in [-0.2, 0) is 0 Å². The summed E-state index contributed by atoms with van der Waals surface area (Å²) in [7, 11) is 0. The molecule has 0 unspecified atom stereocenters. The van der Waals surface area contributed by atoms with Crippen LogP contribution in [0.3, 0.4) is 0 Å². The molecule has 0 bridgehead atoms. The highest BCUT2D eigenvalue weighted by atomic mass is 79.9. The molecule has 18 heavy (non-hydrogen) atoms. The molecule has 2 nitrogen and oxygen atoms in total. The third-order valence-electron chi connectivity index (χ3n) is 2.33. The van der Waals surface area contributed by atoms with Gasteiger partial charge in [0.2, 0.25) is 0 Å². The van der Waals surface area contributed by atoms with Gasteiger partial charge in [-0.2, -0.15) is 18.4 Å². The second-order valence-electron chi connectivity index (χ2n) is 3.77. The van der Waals surface area contributed by atoms with Crippen molar-refractivity contribution in [3.8, 4) is 6.07 Å². The van der Waals surface area contributed by atoms with Crippen LogP contribution in [0.25, 0.3) is 0 Å². The maximum atomic E-state index is 11.9. The van der Waals surface area contributed by atoms with Gasteiger partial charge in [-0.05, 0) is 40.9 Å². The second kappa shape index (κ2) is 6.64. The summed E-state index contributed by atoms with van der Waals surface area (Å²) in [6.45, 7) is 0.418. The molecule has 0 saturated carbocycles. The average Bonchev–Trinajstić information content (AvgIpc) is 2.27. The Morgan fingerprint density at radius 1 is 1.28 bits per heavy atom. The summed E-state index contributed by atoms with van der Waals surface area (Å²) >= 11 is 3.24. The lowest BCUT2D eigenvalue weighted by molar-refractivity contribution is -0.135. The van der Waals surface area contributed by atoms with Crippen LogP contribution in [-0.4, -0.2) is 12.7 Å². The van der Waals surface area contributed by atoms with Crippen molar-refractivity contribution in [2.24, 2.45) is 0 Å². The molecular formula is C12H12BrF3N2. The molecule has 0 saturated heterocycles. The van der Waals surface area contributed by atoms with Gasteiger partial charge in [-0.3, -0.25) is 0 Å². The lowest BCUT2D eigenvalue weighted by Gasteiger charge is -2.10. The first-order chi connectivity index (χ1) is 8.44. The van der Waals surface area contributed by atoms with Crippen molar-refractivity contribution >= 4 is 21.6 Å². The van der Waals surface area contributed by atoms with Crippen LogP contribution in [0.15, 0.2) is 22.7 Å². The topological polar surface area (TPSA) is 35.8 Å². The van der Waals surface area contributed by atoms with Crippen LogP contribution >= 0.6 is 15.9 Å². The minimum atomic E-state index is -4.09. The van der Waals surface area contributed by atoms with Crippen molar-refractivity contribution in [3.05, 3.63) is 28.2 Å². The van der Waals surface area contributed by atoms with E-state index in [-0.39, 0.29) is 6.42 Å². The normalized spacial score (nSPS) is 11.1. The molecule has 1 aromatic carbocycles. The van der Waals surface area contributed by atoms with Crippen LogP contribution in [0.2, 0.25) is 0 Å². The number of unbranched alkanes of at least 4 members (excludes halogenated alkanes) is 1. The minimum absolute atomic E-state index is 0.0897. The SMILES string of the molecule is N#Cc1c(Br)cccc1NCCCCC(F)(F)F. The van der Waals surface area contributed by atoms with Crippen molar-refractivity contribution in [2.45, 2.75) is 25.4 Å². The molecule has 0 aliphatic rings. The Bertz CT molecular complexity index is 438. The monoisotopic (exact) mass is 320 g/mol. The summed E-state index contributed by atoms with van der Waals surface area (Å²) in [5, 5.41) is 11.9. The molecular weight excluding hydrogens is 309 g/mol. The number of anilines is 1. The molecule has 0 radical (unpaired) electrons. The van der Waals surface area contributed by atoms with E-state index < -0.39 is 12.6 Å². The van der Waals surface area contributed by atoms with Crippen molar-refractivity contribution in [3.63, 3.8) is 0 Å². The van der Waals surface area contributed by atoms with E-state index in [1.807, 2.05) is 6.07 Å². The standard InChI is InChI=1S/C12H12BrF3N2/c13-10-4-3-5-11(9(10)8-17)18-7-2-1-6-12(14,15)16/h3-5,18H,1-2,6-7H2. The molecule has 1 aromatic rings. The minimum Gasteiger partial charge on any atom is -0.384 e. The Kier molecular flexibility index (Phi) is 5.48. The number of hydrogen-bond donors (Lipinski definition) is 1. The number of rotatable bonds is 5. The van der Waals surface area contributed by atoms with E-state index in [0.717, 1.165) is 0 Å². The zero-order valence-corrected chi connectivity index (χ0v) is 11.1. The van der Waals surface area contributed by atoms with Crippen LogP contribution in [0, 0.1) is 11.3 Å². The Balaban J connectivity index is 2.41. The molecule has 98 valence electrons. The van der Waals surface area contributed by atoms with E-state index >= 15 is 0 Å². The molecule has 0 fully saturated rings. The predicted octanol–water partition coefficient (Wildman–Crippen LogP) is 4.47. The Morgan fingerprint density at radius 3 is 2.61 bits per heavy atom. The third-order valence-corrected chi connectivity index (χ3v) is 2.99. The van der Waals surface area contributed by atoms with Crippen molar-refractivity contribution in [1.29, 1.82) is 5.26 Å². The number of halogens is 4. The number of nitrogens with zero attached hydrogens (tertiary/aromatic N) is 1. The molecule has 0 aliphatic carbocycles.